The molecule has 0 spiro atoms. The first kappa shape index (κ1) is 17.0. The maximum Gasteiger partial charge on any atom is -0.00256 e. The van der Waals surface area contributed by atoms with Crippen LogP contribution in [0.15, 0.2) is 0 Å². The summed E-state index contributed by atoms with van der Waals surface area (Å²) < 4.78 is 0. The van der Waals surface area contributed by atoms with Crippen LogP contribution < -0.4 is 5.73 Å². The lowest BCUT2D eigenvalue weighted by Crippen LogP contribution is -2.30. The summed E-state index contributed by atoms with van der Waals surface area (Å²) in [6.45, 7) is 12.4. The van der Waals surface area contributed by atoms with E-state index in [-0.39, 0.29) is 0 Å². The van der Waals surface area contributed by atoms with Gasteiger partial charge in [-0.05, 0) is 30.2 Å². The molecule has 0 bridgehead atoms. The molecule has 0 aliphatic carbocycles. The zero-order valence-electron chi connectivity index (χ0n) is 12.9. The minimum Gasteiger partial charge on any atom is -0.330 e. The molecular formula is C16H35N. The molecular weight excluding hydrogens is 206 g/mol. The fourth-order valence-electron chi connectivity index (χ4n) is 2.84. The van der Waals surface area contributed by atoms with Gasteiger partial charge in [-0.25, -0.2) is 0 Å². The minimum absolute atomic E-state index is 0.297. The zero-order chi connectivity index (χ0) is 13.4. The Labute approximate surface area is 110 Å². The van der Waals surface area contributed by atoms with Gasteiger partial charge in [-0.15, -0.1) is 0 Å². The fraction of sp³-hybridized carbons (Fsp3) is 1.00. The van der Waals surface area contributed by atoms with Gasteiger partial charge in [0.05, 0.1) is 0 Å². The maximum atomic E-state index is 5.82. The van der Waals surface area contributed by atoms with E-state index in [1.165, 1.54) is 51.4 Å². The zero-order valence-corrected chi connectivity index (χ0v) is 12.9. The van der Waals surface area contributed by atoms with Crippen molar-refractivity contribution in [2.24, 2.45) is 16.6 Å². The molecule has 0 saturated heterocycles. The van der Waals surface area contributed by atoms with Crippen molar-refractivity contribution in [3.63, 3.8) is 0 Å². The van der Waals surface area contributed by atoms with Crippen molar-refractivity contribution >= 4 is 0 Å². The van der Waals surface area contributed by atoms with E-state index in [0.29, 0.717) is 10.8 Å². The van der Waals surface area contributed by atoms with Crippen LogP contribution in [-0.2, 0) is 0 Å². The summed E-state index contributed by atoms with van der Waals surface area (Å²) in [5, 5.41) is 0. The van der Waals surface area contributed by atoms with Gasteiger partial charge in [0.25, 0.3) is 0 Å². The van der Waals surface area contributed by atoms with Crippen molar-refractivity contribution in [1.29, 1.82) is 0 Å². The summed E-state index contributed by atoms with van der Waals surface area (Å²) in [6.07, 6.45) is 11.0. The third-order valence-corrected chi connectivity index (χ3v) is 3.72. The molecule has 0 saturated carbocycles. The van der Waals surface area contributed by atoms with E-state index < -0.39 is 0 Å². The van der Waals surface area contributed by atoms with E-state index in [2.05, 4.69) is 34.6 Å². The van der Waals surface area contributed by atoms with Gasteiger partial charge in [-0.2, -0.15) is 0 Å². The quantitative estimate of drug-likeness (QED) is 0.527. The molecule has 0 aromatic rings. The van der Waals surface area contributed by atoms with E-state index in [0.717, 1.165) is 6.54 Å². The topological polar surface area (TPSA) is 26.0 Å². The van der Waals surface area contributed by atoms with E-state index >= 15 is 0 Å². The molecule has 1 nitrogen and oxygen atoms in total. The second kappa shape index (κ2) is 8.13. The van der Waals surface area contributed by atoms with Gasteiger partial charge >= 0.3 is 0 Å². The van der Waals surface area contributed by atoms with Crippen LogP contribution in [0, 0.1) is 10.8 Å². The van der Waals surface area contributed by atoms with Gasteiger partial charge in [0, 0.05) is 0 Å². The van der Waals surface area contributed by atoms with Crippen LogP contribution in [0.2, 0.25) is 0 Å². The molecule has 1 heteroatoms. The molecule has 0 radical (unpaired) electrons. The van der Waals surface area contributed by atoms with Crippen molar-refractivity contribution in [3.8, 4) is 0 Å². The van der Waals surface area contributed by atoms with Crippen LogP contribution in [0.4, 0.5) is 0 Å². The predicted octanol–water partition coefficient (Wildman–Crippen LogP) is 5.14. The highest BCUT2D eigenvalue weighted by molar-refractivity contribution is 4.79. The van der Waals surface area contributed by atoms with Crippen molar-refractivity contribution in [1.82, 2.24) is 0 Å². The summed E-state index contributed by atoms with van der Waals surface area (Å²) >= 11 is 0. The molecule has 0 heterocycles. The average Bonchev–Trinajstić information content (AvgIpc) is 2.22. The smallest absolute Gasteiger partial charge is 0.00256 e. The van der Waals surface area contributed by atoms with Crippen molar-refractivity contribution < 1.29 is 0 Å². The Morgan fingerprint density at radius 3 is 1.82 bits per heavy atom. The summed E-state index contributed by atoms with van der Waals surface area (Å²) in [5.74, 6) is 0. The molecule has 0 aromatic carbocycles. The second-order valence-corrected chi connectivity index (χ2v) is 7.23. The lowest BCUT2D eigenvalue weighted by Gasteiger charge is -2.34. The minimum atomic E-state index is 0.297. The highest BCUT2D eigenvalue weighted by Crippen LogP contribution is 2.36. The number of rotatable bonds is 10. The van der Waals surface area contributed by atoms with Gasteiger partial charge in [-0.3, -0.25) is 0 Å². The van der Waals surface area contributed by atoms with Crippen molar-refractivity contribution in [2.75, 3.05) is 6.54 Å². The number of hydrogen-bond donors (Lipinski definition) is 1. The van der Waals surface area contributed by atoms with E-state index in [4.69, 9.17) is 5.73 Å². The van der Waals surface area contributed by atoms with E-state index in [1.807, 2.05) is 0 Å². The van der Waals surface area contributed by atoms with Crippen molar-refractivity contribution in [3.05, 3.63) is 0 Å². The normalized spacial score (nSPS) is 13.1. The van der Waals surface area contributed by atoms with Crippen LogP contribution in [-0.4, -0.2) is 6.54 Å². The Morgan fingerprint density at radius 2 is 1.29 bits per heavy atom. The Kier molecular flexibility index (Phi) is 8.11. The third-order valence-electron chi connectivity index (χ3n) is 3.72. The molecule has 17 heavy (non-hydrogen) atoms. The van der Waals surface area contributed by atoms with Crippen molar-refractivity contribution in [2.45, 2.75) is 86.0 Å². The molecule has 0 fully saturated rings. The first-order valence-electron chi connectivity index (χ1n) is 7.53. The van der Waals surface area contributed by atoms with E-state index in [9.17, 15) is 0 Å². The maximum absolute atomic E-state index is 5.82. The second-order valence-electron chi connectivity index (χ2n) is 7.23. The summed E-state index contributed by atoms with van der Waals surface area (Å²) in [6, 6.07) is 0. The highest BCUT2D eigenvalue weighted by atomic mass is 14.6. The first-order chi connectivity index (χ1) is 7.83. The molecule has 0 rings (SSSR count). The molecule has 104 valence electrons. The fourth-order valence-corrected chi connectivity index (χ4v) is 2.84. The van der Waals surface area contributed by atoms with Gasteiger partial charge in [-0.1, -0.05) is 73.1 Å². The SMILES string of the molecule is CCCCCCCCC(C)(C)CC(C)(C)CN. The molecule has 2 N–H and O–H groups in total. The van der Waals surface area contributed by atoms with Gasteiger partial charge in [0.2, 0.25) is 0 Å². The first-order valence-corrected chi connectivity index (χ1v) is 7.53. The molecule has 0 unspecified atom stereocenters. The molecule has 0 aliphatic rings. The Hall–Kier alpha value is -0.0400. The Morgan fingerprint density at radius 1 is 0.765 bits per heavy atom. The Bertz CT molecular complexity index is 182. The van der Waals surface area contributed by atoms with Crippen LogP contribution in [0.3, 0.4) is 0 Å². The number of unbranched alkanes of at least 4 members (excludes halogenated alkanes) is 5. The summed E-state index contributed by atoms with van der Waals surface area (Å²) in [7, 11) is 0. The average molecular weight is 241 g/mol. The number of hydrogen-bond acceptors (Lipinski definition) is 1. The lowest BCUT2D eigenvalue weighted by atomic mass is 9.72. The van der Waals surface area contributed by atoms with Gasteiger partial charge < -0.3 is 5.73 Å². The lowest BCUT2D eigenvalue weighted by molar-refractivity contribution is 0.184. The predicted molar refractivity (Wildman–Crippen MR) is 79.2 cm³/mol. The van der Waals surface area contributed by atoms with Crippen LogP contribution in [0.1, 0.15) is 86.0 Å². The van der Waals surface area contributed by atoms with Gasteiger partial charge in [0.1, 0.15) is 0 Å². The molecule has 0 aliphatic heterocycles. The monoisotopic (exact) mass is 241 g/mol. The largest absolute Gasteiger partial charge is 0.330 e. The highest BCUT2D eigenvalue weighted by Gasteiger charge is 2.27. The summed E-state index contributed by atoms with van der Waals surface area (Å²) in [5.41, 5.74) is 6.57. The number of nitrogens with two attached hydrogens (primary N) is 1. The molecule has 0 aromatic heterocycles. The van der Waals surface area contributed by atoms with Crippen LogP contribution >= 0.6 is 0 Å². The van der Waals surface area contributed by atoms with Crippen LogP contribution in [0.5, 0.6) is 0 Å². The third kappa shape index (κ3) is 9.64. The standard InChI is InChI=1S/C16H35N/c1-6-7-8-9-10-11-12-15(2,3)13-16(4,5)14-17/h6-14,17H2,1-5H3. The molecule has 0 amide bonds. The van der Waals surface area contributed by atoms with Gasteiger partial charge in [0.15, 0.2) is 0 Å². The summed E-state index contributed by atoms with van der Waals surface area (Å²) in [4.78, 5) is 0. The van der Waals surface area contributed by atoms with Crippen LogP contribution in [0.25, 0.3) is 0 Å². The Balaban J connectivity index is 3.71. The molecule has 0 atom stereocenters. The van der Waals surface area contributed by atoms with E-state index in [1.54, 1.807) is 0 Å².